The molecule has 0 amide bonds. The molecule has 0 fully saturated rings. The van der Waals surface area contributed by atoms with Crippen LogP contribution in [0.1, 0.15) is 24.6 Å². The van der Waals surface area contributed by atoms with E-state index >= 15 is 0 Å². The van der Waals surface area contributed by atoms with Gasteiger partial charge in [-0.05, 0) is 25.5 Å². The average Bonchev–Trinajstić information content (AvgIpc) is 2.63. The highest BCUT2D eigenvalue weighted by Gasteiger charge is 2.42. The second-order valence-corrected chi connectivity index (χ2v) is 4.06. The second-order valence-electron chi connectivity index (χ2n) is 4.06. The minimum atomic E-state index is -1.26. The molecule has 5 heteroatoms. The lowest BCUT2D eigenvalue weighted by Gasteiger charge is -2.14. The molecule has 0 bridgehead atoms. The number of pyridine rings is 1. The molecule has 0 aromatic carbocycles. The predicted octanol–water partition coefficient (Wildman–Crippen LogP) is 1.36. The number of rotatable bonds is 2. The van der Waals surface area contributed by atoms with Crippen molar-refractivity contribution in [1.82, 2.24) is 4.98 Å². The van der Waals surface area contributed by atoms with Gasteiger partial charge in [0, 0.05) is 12.6 Å². The van der Waals surface area contributed by atoms with Crippen molar-refractivity contribution in [2.75, 3.05) is 0 Å². The highest BCUT2D eigenvalue weighted by atomic mass is 16.7. The fourth-order valence-corrected chi connectivity index (χ4v) is 1.43. The summed E-state index contributed by atoms with van der Waals surface area (Å²) in [6, 6.07) is 3.71. The zero-order valence-corrected chi connectivity index (χ0v) is 9.10. The molecule has 0 saturated heterocycles. The van der Waals surface area contributed by atoms with Gasteiger partial charge < -0.3 is 9.94 Å². The lowest BCUT2D eigenvalue weighted by atomic mass is 9.98. The van der Waals surface area contributed by atoms with E-state index < -0.39 is 11.6 Å². The quantitative estimate of drug-likeness (QED) is 0.816. The van der Waals surface area contributed by atoms with Crippen molar-refractivity contribution in [1.29, 1.82) is 0 Å². The summed E-state index contributed by atoms with van der Waals surface area (Å²) in [6.45, 7) is 3.44. The van der Waals surface area contributed by atoms with E-state index in [4.69, 9.17) is 9.94 Å². The largest absolute Gasteiger partial charge is 0.478 e. The van der Waals surface area contributed by atoms with Gasteiger partial charge in [0.2, 0.25) is 5.60 Å². The third kappa shape index (κ3) is 1.76. The van der Waals surface area contributed by atoms with Crippen LogP contribution in [0.4, 0.5) is 0 Å². The van der Waals surface area contributed by atoms with Crippen molar-refractivity contribution in [3.8, 4) is 0 Å². The van der Waals surface area contributed by atoms with Gasteiger partial charge in [0.25, 0.3) is 0 Å². The fourth-order valence-electron chi connectivity index (χ4n) is 1.43. The maximum atomic E-state index is 10.9. The van der Waals surface area contributed by atoms with E-state index in [1.807, 2.05) is 19.1 Å². The van der Waals surface area contributed by atoms with E-state index in [1.165, 1.54) is 6.92 Å². The van der Waals surface area contributed by atoms with Gasteiger partial charge in [0.1, 0.15) is 5.71 Å². The van der Waals surface area contributed by atoms with Gasteiger partial charge in [0.05, 0.1) is 5.69 Å². The van der Waals surface area contributed by atoms with E-state index in [0.29, 0.717) is 11.4 Å². The summed E-state index contributed by atoms with van der Waals surface area (Å²) >= 11 is 0. The van der Waals surface area contributed by atoms with E-state index in [2.05, 4.69) is 10.1 Å². The highest BCUT2D eigenvalue weighted by Crippen LogP contribution is 2.25. The molecule has 1 atom stereocenters. The summed E-state index contributed by atoms with van der Waals surface area (Å²) < 4.78 is 0. The van der Waals surface area contributed by atoms with Crippen LogP contribution in [-0.4, -0.2) is 27.4 Å². The number of aryl methyl sites for hydroxylation is 1. The van der Waals surface area contributed by atoms with E-state index in [-0.39, 0.29) is 6.42 Å². The molecule has 0 saturated carbocycles. The Morgan fingerprint density at radius 3 is 2.81 bits per heavy atom. The third-order valence-electron chi connectivity index (χ3n) is 2.52. The van der Waals surface area contributed by atoms with Gasteiger partial charge in [-0.3, -0.25) is 4.98 Å². The van der Waals surface area contributed by atoms with Crippen molar-refractivity contribution < 1.29 is 14.7 Å². The SMILES string of the molecule is Cc1ccc(C2=NOC(C)(C(=O)O)C2)nc1. The molecule has 2 heterocycles. The molecule has 1 N–H and O–H groups in total. The van der Waals surface area contributed by atoms with Crippen LogP contribution in [-0.2, 0) is 9.63 Å². The molecule has 0 aliphatic carbocycles. The van der Waals surface area contributed by atoms with E-state index in [9.17, 15) is 4.79 Å². The van der Waals surface area contributed by atoms with Crippen LogP contribution < -0.4 is 0 Å². The lowest BCUT2D eigenvalue weighted by molar-refractivity contribution is -0.160. The highest BCUT2D eigenvalue weighted by molar-refractivity contribution is 6.03. The van der Waals surface area contributed by atoms with Gasteiger partial charge in [-0.25, -0.2) is 4.79 Å². The summed E-state index contributed by atoms with van der Waals surface area (Å²) in [7, 11) is 0. The molecule has 84 valence electrons. The van der Waals surface area contributed by atoms with Gasteiger partial charge in [-0.2, -0.15) is 0 Å². The molecule has 1 aliphatic heterocycles. The first kappa shape index (κ1) is 10.6. The van der Waals surface area contributed by atoms with Gasteiger partial charge in [-0.15, -0.1) is 0 Å². The number of hydrogen-bond acceptors (Lipinski definition) is 4. The van der Waals surface area contributed by atoms with Gasteiger partial charge in [-0.1, -0.05) is 11.2 Å². The van der Waals surface area contributed by atoms with Crippen LogP contribution in [0.25, 0.3) is 0 Å². The number of hydrogen-bond donors (Lipinski definition) is 1. The first-order valence-corrected chi connectivity index (χ1v) is 4.93. The van der Waals surface area contributed by atoms with Crippen LogP contribution in [0.5, 0.6) is 0 Å². The van der Waals surface area contributed by atoms with Crippen molar-refractivity contribution in [2.24, 2.45) is 5.16 Å². The Hall–Kier alpha value is -1.91. The average molecular weight is 220 g/mol. The first-order chi connectivity index (χ1) is 7.51. The van der Waals surface area contributed by atoms with Crippen LogP contribution in [0, 0.1) is 6.92 Å². The minimum absolute atomic E-state index is 0.235. The monoisotopic (exact) mass is 220 g/mol. The molecular formula is C11H12N2O3. The third-order valence-corrected chi connectivity index (χ3v) is 2.52. The number of carbonyl (C=O) groups is 1. The first-order valence-electron chi connectivity index (χ1n) is 4.93. The maximum absolute atomic E-state index is 10.9. The van der Waals surface area contributed by atoms with E-state index in [0.717, 1.165) is 5.56 Å². The Balaban J connectivity index is 2.20. The zero-order chi connectivity index (χ0) is 11.8. The standard InChI is InChI=1S/C11H12N2O3/c1-7-3-4-8(12-6-7)9-5-11(2,10(14)15)16-13-9/h3-4,6H,5H2,1-2H3,(H,14,15). The predicted molar refractivity (Wildman–Crippen MR) is 57.3 cm³/mol. The van der Waals surface area contributed by atoms with Crippen molar-refractivity contribution in [3.05, 3.63) is 29.6 Å². The number of carboxylic acids is 1. The Morgan fingerprint density at radius 2 is 2.31 bits per heavy atom. The fraction of sp³-hybridized carbons (Fsp3) is 0.364. The smallest absolute Gasteiger partial charge is 0.351 e. The summed E-state index contributed by atoms with van der Waals surface area (Å²) in [5.74, 6) is -1.02. The van der Waals surface area contributed by atoms with Crippen molar-refractivity contribution >= 4 is 11.7 Å². The summed E-state index contributed by atoms with van der Waals surface area (Å²) in [5, 5.41) is 12.7. The molecule has 1 aliphatic rings. The Kier molecular flexibility index (Phi) is 2.38. The topological polar surface area (TPSA) is 71.8 Å². The Labute approximate surface area is 92.8 Å². The van der Waals surface area contributed by atoms with Crippen molar-refractivity contribution in [2.45, 2.75) is 25.9 Å². The number of aliphatic carboxylic acids is 1. The molecule has 1 aromatic rings. The number of nitrogens with zero attached hydrogens (tertiary/aromatic N) is 2. The van der Waals surface area contributed by atoms with Crippen LogP contribution in [0.15, 0.2) is 23.5 Å². The molecule has 2 rings (SSSR count). The Bertz CT molecular complexity index is 453. The second kappa shape index (κ2) is 3.59. The van der Waals surface area contributed by atoms with Crippen LogP contribution in [0.2, 0.25) is 0 Å². The molecule has 0 radical (unpaired) electrons. The van der Waals surface area contributed by atoms with Gasteiger partial charge >= 0.3 is 5.97 Å². The molecular weight excluding hydrogens is 208 g/mol. The molecule has 1 aromatic heterocycles. The summed E-state index contributed by atoms with van der Waals surface area (Å²) in [4.78, 5) is 20.1. The molecule has 16 heavy (non-hydrogen) atoms. The van der Waals surface area contributed by atoms with Gasteiger partial charge in [0.15, 0.2) is 0 Å². The molecule has 5 nitrogen and oxygen atoms in total. The number of oxime groups is 1. The Morgan fingerprint density at radius 1 is 1.56 bits per heavy atom. The van der Waals surface area contributed by atoms with Crippen molar-refractivity contribution in [3.63, 3.8) is 0 Å². The number of carboxylic acid groups (broad SMARTS) is 1. The lowest BCUT2D eigenvalue weighted by Crippen LogP contribution is -2.35. The number of aromatic nitrogens is 1. The van der Waals surface area contributed by atoms with E-state index in [1.54, 1.807) is 6.20 Å². The minimum Gasteiger partial charge on any atom is -0.478 e. The normalized spacial score (nSPS) is 23.8. The summed E-state index contributed by atoms with van der Waals surface area (Å²) in [6.07, 6.45) is 1.95. The zero-order valence-electron chi connectivity index (χ0n) is 9.10. The molecule has 0 spiro atoms. The van der Waals surface area contributed by atoms with Crippen LogP contribution in [0.3, 0.4) is 0 Å². The maximum Gasteiger partial charge on any atom is 0.351 e. The van der Waals surface area contributed by atoms with Crippen LogP contribution >= 0.6 is 0 Å². The molecule has 1 unspecified atom stereocenters. The summed E-state index contributed by atoms with van der Waals surface area (Å²) in [5.41, 5.74) is 1.02.